The average molecular weight is 249 g/mol. The maximum Gasteiger partial charge on any atom is 0.232 e. The highest BCUT2D eigenvalue weighted by atomic mass is 16.5. The summed E-state index contributed by atoms with van der Waals surface area (Å²) in [7, 11) is 0. The Hall–Kier alpha value is -1.16. The molecule has 2 rings (SSSR count). The second-order valence-corrected chi connectivity index (χ2v) is 5.21. The fourth-order valence-electron chi connectivity index (χ4n) is 1.88. The van der Waals surface area contributed by atoms with Crippen molar-refractivity contribution in [2.24, 2.45) is 5.92 Å². The first-order valence-corrected chi connectivity index (χ1v) is 6.95. The van der Waals surface area contributed by atoms with E-state index in [1.807, 2.05) is 0 Å². The molecule has 0 radical (unpaired) electrons. The van der Waals surface area contributed by atoms with E-state index < -0.39 is 0 Å². The van der Waals surface area contributed by atoms with Gasteiger partial charge in [0.25, 0.3) is 0 Å². The van der Waals surface area contributed by atoms with Crippen LogP contribution in [0.5, 0.6) is 5.88 Å². The maximum absolute atomic E-state index is 5.68. The summed E-state index contributed by atoms with van der Waals surface area (Å²) in [6.45, 7) is 5.91. The van der Waals surface area contributed by atoms with Crippen LogP contribution in [0.1, 0.15) is 45.2 Å². The van der Waals surface area contributed by atoms with Crippen LogP contribution in [0.15, 0.2) is 12.4 Å². The Morgan fingerprint density at radius 1 is 1.44 bits per heavy atom. The molecular weight excluding hydrogens is 226 g/mol. The van der Waals surface area contributed by atoms with Crippen LogP contribution < -0.4 is 10.1 Å². The van der Waals surface area contributed by atoms with Crippen molar-refractivity contribution in [1.29, 1.82) is 0 Å². The third-order valence-electron chi connectivity index (χ3n) is 3.11. The van der Waals surface area contributed by atoms with Crippen molar-refractivity contribution < 1.29 is 4.74 Å². The summed E-state index contributed by atoms with van der Waals surface area (Å²) in [5, 5.41) is 3.43. The predicted octanol–water partition coefficient (Wildman–Crippen LogP) is 2.54. The fourth-order valence-corrected chi connectivity index (χ4v) is 1.88. The first kappa shape index (κ1) is 13.3. The Kier molecular flexibility index (Phi) is 4.93. The molecule has 1 aromatic rings. The summed E-state index contributed by atoms with van der Waals surface area (Å²) in [5.74, 6) is 1.22. The minimum atomic E-state index is 0.574. The molecular formula is C14H23N3O. The molecule has 0 aliphatic heterocycles. The number of nitrogens with one attached hydrogen (secondary N) is 1. The van der Waals surface area contributed by atoms with Gasteiger partial charge in [-0.15, -0.1) is 0 Å². The normalized spacial score (nSPS) is 16.6. The van der Waals surface area contributed by atoms with Gasteiger partial charge in [-0.05, 0) is 25.2 Å². The van der Waals surface area contributed by atoms with Gasteiger partial charge >= 0.3 is 0 Å². The van der Waals surface area contributed by atoms with E-state index in [0.717, 1.165) is 18.8 Å². The topological polar surface area (TPSA) is 47.0 Å². The molecule has 1 saturated carbocycles. The van der Waals surface area contributed by atoms with Crippen molar-refractivity contribution in [3.63, 3.8) is 0 Å². The summed E-state index contributed by atoms with van der Waals surface area (Å²) >= 11 is 0. The molecule has 1 atom stereocenters. The van der Waals surface area contributed by atoms with Crippen LogP contribution >= 0.6 is 0 Å². The standard InChI is InChI=1S/C14H23N3O/c1-3-4-11(2)10-18-14-9-15-7-13(17-14)8-16-12-5-6-12/h7,9,11-12,16H,3-6,8,10H2,1-2H3. The molecule has 1 N–H and O–H groups in total. The number of aromatic nitrogens is 2. The van der Waals surface area contributed by atoms with Gasteiger partial charge in [-0.1, -0.05) is 20.3 Å². The minimum absolute atomic E-state index is 0.574. The van der Waals surface area contributed by atoms with Crippen LogP contribution in [0.2, 0.25) is 0 Å². The van der Waals surface area contributed by atoms with Gasteiger partial charge in [-0.25, -0.2) is 4.98 Å². The molecule has 4 nitrogen and oxygen atoms in total. The Balaban J connectivity index is 1.78. The molecule has 1 aliphatic rings. The largest absolute Gasteiger partial charge is 0.476 e. The van der Waals surface area contributed by atoms with Crippen LogP contribution in [0.3, 0.4) is 0 Å². The highest BCUT2D eigenvalue weighted by molar-refractivity contribution is 5.08. The van der Waals surface area contributed by atoms with Gasteiger partial charge in [0.15, 0.2) is 0 Å². The Morgan fingerprint density at radius 2 is 2.28 bits per heavy atom. The molecule has 0 bridgehead atoms. The Labute approximate surface area is 109 Å². The molecule has 0 saturated heterocycles. The van der Waals surface area contributed by atoms with E-state index in [4.69, 9.17) is 4.74 Å². The van der Waals surface area contributed by atoms with Gasteiger partial charge in [0.05, 0.1) is 18.5 Å². The number of hydrogen-bond donors (Lipinski definition) is 1. The third-order valence-corrected chi connectivity index (χ3v) is 3.11. The molecule has 0 amide bonds. The highest BCUT2D eigenvalue weighted by Gasteiger charge is 2.20. The Bertz CT molecular complexity index is 366. The van der Waals surface area contributed by atoms with Gasteiger partial charge in [0.2, 0.25) is 5.88 Å². The summed E-state index contributed by atoms with van der Waals surface area (Å²) in [5.41, 5.74) is 0.961. The smallest absolute Gasteiger partial charge is 0.232 e. The molecule has 18 heavy (non-hydrogen) atoms. The first-order valence-electron chi connectivity index (χ1n) is 6.95. The van der Waals surface area contributed by atoms with E-state index in [9.17, 15) is 0 Å². The number of rotatable bonds is 8. The maximum atomic E-state index is 5.68. The first-order chi connectivity index (χ1) is 8.78. The Morgan fingerprint density at radius 3 is 3.00 bits per heavy atom. The summed E-state index contributed by atoms with van der Waals surface area (Å²) in [6, 6.07) is 0.695. The molecule has 1 heterocycles. The molecule has 1 aliphatic carbocycles. The van der Waals surface area contributed by atoms with Gasteiger partial charge in [-0.2, -0.15) is 0 Å². The number of ether oxygens (including phenoxy) is 1. The van der Waals surface area contributed by atoms with Gasteiger partial charge in [-0.3, -0.25) is 4.98 Å². The monoisotopic (exact) mass is 249 g/mol. The summed E-state index contributed by atoms with van der Waals surface area (Å²) in [4.78, 5) is 8.64. The summed E-state index contributed by atoms with van der Waals surface area (Å²) in [6.07, 6.45) is 8.46. The molecule has 0 aromatic carbocycles. The van der Waals surface area contributed by atoms with Crippen LogP contribution in [-0.2, 0) is 6.54 Å². The summed E-state index contributed by atoms with van der Waals surface area (Å²) < 4.78 is 5.68. The molecule has 1 aromatic heterocycles. The van der Waals surface area contributed by atoms with Crippen LogP contribution in [0.25, 0.3) is 0 Å². The van der Waals surface area contributed by atoms with Crippen molar-refractivity contribution >= 4 is 0 Å². The van der Waals surface area contributed by atoms with E-state index in [0.29, 0.717) is 17.8 Å². The lowest BCUT2D eigenvalue weighted by molar-refractivity contribution is 0.241. The van der Waals surface area contributed by atoms with E-state index in [2.05, 4.69) is 29.1 Å². The lowest BCUT2D eigenvalue weighted by Crippen LogP contribution is -2.17. The van der Waals surface area contributed by atoms with Gasteiger partial charge in [0, 0.05) is 18.8 Å². The van der Waals surface area contributed by atoms with Crippen molar-refractivity contribution in [3.8, 4) is 5.88 Å². The lowest BCUT2D eigenvalue weighted by Gasteiger charge is -2.11. The van der Waals surface area contributed by atoms with Crippen LogP contribution in [0, 0.1) is 5.92 Å². The average Bonchev–Trinajstić information content (AvgIpc) is 3.19. The zero-order valence-corrected chi connectivity index (χ0v) is 11.4. The third kappa shape index (κ3) is 4.61. The van der Waals surface area contributed by atoms with E-state index in [1.54, 1.807) is 12.4 Å². The van der Waals surface area contributed by atoms with Gasteiger partial charge in [0.1, 0.15) is 0 Å². The second-order valence-electron chi connectivity index (χ2n) is 5.21. The molecule has 1 unspecified atom stereocenters. The van der Waals surface area contributed by atoms with Crippen molar-refractivity contribution in [1.82, 2.24) is 15.3 Å². The molecule has 100 valence electrons. The second kappa shape index (κ2) is 6.69. The SMILES string of the molecule is CCCC(C)COc1cncc(CNC2CC2)n1. The van der Waals surface area contributed by atoms with Crippen LogP contribution in [-0.4, -0.2) is 22.6 Å². The van der Waals surface area contributed by atoms with Crippen molar-refractivity contribution in [2.45, 2.75) is 52.1 Å². The van der Waals surface area contributed by atoms with Crippen LogP contribution in [0.4, 0.5) is 0 Å². The van der Waals surface area contributed by atoms with E-state index >= 15 is 0 Å². The van der Waals surface area contributed by atoms with Crippen molar-refractivity contribution in [2.75, 3.05) is 6.61 Å². The quantitative estimate of drug-likeness (QED) is 0.769. The minimum Gasteiger partial charge on any atom is -0.476 e. The predicted molar refractivity (Wildman–Crippen MR) is 71.5 cm³/mol. The molecule has 0 spiro atoms. The van der Waals surface area contributed by atoms with E-state index in [1.165, 1.54) is 25.7 Å². The molecule has 4 heteroatoms. The highest BCUT2D eigenvalue weighted by Crippen LogP contribution is 2.19. The van der Waals surface area contributed by atoms with Crippen molar-refractivity contribution in [3.05, 3.63) is 18.1 Å². The number of hydrogen-bond acceptors (Lipinski definition) is 4. The number of nitrogens with zero attached hydrogens (tertiary/aromatic N) is 2. The van der Waals surface area contributed by atoms with Gasteiger partial charge < -0.3 is 10.1 Å². The zero-order chi connectivity index (χ0) is 12.8. The lowest BCUT2D eigenvalue weighted by atomic mass is 10.1. The molecule has 1 fully saturated rings. The fraction of sp³-hybridized carbons (Fsp3) is 0.714. The zero-order valence-electron chi connectivity index (χ0n) is 11.4. The van der Waals surface area contributed by atoms with E-state index in [-0.39, 0.29) is 0 Å².